The van der Waals surface area contributed by atoms with Gasteiger partial charge in [0.15, 0.2) is 0 Å². The van der Waals surface area contributed by atoms with Crippen molar-refractivity contribution >= 4 is 27.5 Å². The second kappa shape index (κ2) is 12.8. The van der Waals surface area contributed by atoms with Crippen LogP contribution in [0.15, 0.2) is 77.7 Å². The molecule has 3 atom stereocenters. The SMILES string of the molecule is C[C@@H]1CN([C@@H](C)CO)C(=O)c2cc(NC(=O)Cc3ccccc3)ccc2O[C@@H]1CN(C)S(=O)(=O)c1ccc(F)cc1. The summed E-state index contributed by atoms with van der Waals surface area (Å²) in [5, 5.41) is 12.7. The minimum absolute atomic E-state index is 0.0502. The number of hydrogen-bond acceptors (Lipinski definition) is 6. The molecule has 0 aliphatic carbocycles. The third-order valence-electron chi connectivity index (χ3n) is 7.11. The van der Waals surface area contributed by atoms with Gasteiger partial charge in [0.2, 0.25) is 15.9 Å². The zero-order chi connectivity index (χ0) is 29.7. The summed E-state index contributed by atoms with van der Waals surface area (Å²) < 4.78 is 47.2. The van der Waals surface area contributed by atoms with E-state index < -0.39 is 28.0 Å². The number of nitrogens with one attached hydrogen (secondary N) is 1. The molecule has 218 valence electrons. The van der Waals surface area contributed by atoms with Crippen LogP contribution in [0.4, 0.5) is 10.1 Å². The quantitative estimate of drug-likeness (QED) is 0.398. The molecule has 0 bridgehead atoms. The van der Waals surface area contributed by atoms with Crippen LogP contribution in [0.3, 0.4) is 0 Å². The molecule has 3 aromatic carbocycles. The minimum Gasteiger partial charge on any atom is -0.488 e. The maximum atomic E-state index is 13.7. The van der Waals surface area contributed by atoms with Crippen LogP contribution in [0, 0.1) is 11.7 Å². The van der Waals surface area contributed by atoms with Crippen LogP contribution in [0.5, 0.6) is 5.75 Å². The van der Waals surface area contributed by atoms with E-state index in [1.54, 1.807) is 19.1 Å². The number of aliphatic hydroxyl groups is 1. The summed E-state index contributed by atoms with van der Waals surface area (Å²) in [6.45, 7) is 3.44. The monoisotopic (exact) mass is 583 g/mol. The number of nitrogens with zero attached hydrogens (tertiary/aromatic N) is 2. The third kappa shape index (κ3) is 7.10. The van der Waals surface area contributed by atoms with Crippen LogP contribution in [-0.4, -0.2) is 73.4 Å². The van der Waals surface area contributed by atoms with Gasteiger partial charge in [0, 0.05) is 25.2 Å². The number of sulfonamides is 1. The first-order valence-corrected chi connectivity index (χ1v) is 14.7. The first-order chi connectivity index (χ1) is 19.5. The molecule has 1 aliphatic heterocycles. The highest BCUT2D eigenvalue weighted by Gasteiger charge is 2.35. The van der Waals surface area contributed by atoms with E-state index in [1.165, 1.54) is 30.1 Å². The van der Waals surface area contributed by atoms with Gasteiger partial charge in [0.05, 0.1) is 36.1 Å². The fourth-order valence-corrected chi connectivity index (χ4v) is 5.83. The van der Waals surface area contributed by atoms with Gasteiger partial charge in [-0.25, -0.2) is 12.8 Å². The lowest BCUT2D eigenvalue weighted by molar-refractivity contribution is -0.115. The summed E-state index contributed by atoms with van der Waals surface area (Å²) in [4.78, 5) is 27.8. The number of anilines is 1. The van der Waals surface area contributed by atoms with Crippen molar-refractivity contribution in [3.63, 3.8) is 0 Å². The smallest absolute Gasteiger partial charge is 0.258 e. The lowest BCUT2D eigenvalue weighted by atomic mass is 9.99. The van der Waals surface area contributed by atoms with E-state index in [0.717, 1.165) is 22.0 Å². The van der Waals surface area contributed by atoms with Crippen molar-refractivity contribution in [1.82, 2.24) is 9.21 Å². The summed E-state index contributed by atoms with van der Waals surface area (Å²) >= 11 is 0. The Bertz CT molecular complexity index is 1480. The highest BCUT2D eigenvalue weighted by Crippen LogP contribution is 2.31. The first-order valence-electron chi connectivity index (χ1n) is 13.3. The van der Waals surface area contributed by atoms with Gasteiger partial charge in [-0.2, -0.15) is 4.31 Å². The molecular weight excluding hydrogens is 549 g/mol. The highest BCUT2D eigenvalue weighted by molar-refractivity contribution is 7.89. The normalized spacial score (nSPS) is 18.2. The third-order valence-corrected chi connectivity index (χ3v) is 8.95. The summed E-state index contributed by atoms with van der Waals surface area (Å²) in [7, 11) is -2.53. The molecule has 0 aromatic heterocycles. The Labute approximate surface area is 239 Å². The first kappa shape index (κ1) is 30.2. The van der Waals surface area contributed by atoms with Crippen molar-refractivity contribution < 1.29 is 32.2 Å². The molecule has 2 N–H and O–H groups in total. The van der Waals surface area contributed by atoms with Crippen molar-refractivity contribution in [3.05, 3.63) is 89.7 Å². The van der Waals surface area contributed by atoms with Crippen LogP contribution < -0.4 is 10.1 Å². The summed E-state index contributed by atoms with van der Waals surface area (Å²) in [6, 6.07) is 18.0. The molecule has 0 fully saturated rings. The van der Waals surface area contributed by atoms with Crippen molar-refractivity contribution in [1.29, 1.82) is 0 Å². The Hall–Kier alpha value is -3.80. The van der Waals surface area contributed by atoms with Gasteiger partial charge in [-0.3, -0.25) is 9.59 Å². The van der Waals surface area contributed by atoms with Gasteiger partial charge < -0.3 is 20.1 Å². The second-order valence-corrected chi connectivity index (χ2v) is 12.3. The predicted molar refractivity (Wildman–Crippen MR) is 153 cm³/mol. The fourth-order valence-electron chi connectivity index (χ4n) is 4.64. The van der Waals surface area contributed by atoms with E-state index in [2.05, 4.69) is 5.32 Å². The largest absolute Gasteiger partial charge is 0.488 e. The average molecular weight is 584 g/mol. The average Bonchev–Trinajstić information content (AvgIpc) is 2.95. The van der Waals surface area contributed by atoms with E-state index in [4.69, 9.17) is 4.74 Å². The molecule has 0 spiro atoms. The topological polar surface area (TPSA) is 116 Å². The van der Waals surface area contributed by atoms with E-state index in [0.29, 0.717) is 5.69 Å². The number of carbonyl (C=O) groups is 2. The number of benzene rings is 3. The number of fused-ring (bicyclic) bond motifs is 1. The minimum atomic E-state index is -3.95. The molecule has 1 heterocycles. The predicted octanol–water partition coefficient (Wildman–Crippen LogP) is 3.55. The lowest BCUT2D eigenvalue weighted by Gasteiger charge is -2.38. The van der Waals surface area contributed by atoms with Crippen LogP contribution >= 0.6 is 0 Å². The molecule has 0 unspecified atom stereocenters. The van der Waals surface area contributed by atoms with Gasteiger partial charge in [-0.1, -0.05) is 37.3 Å². The molecule has 0 saturated carbocycles. The number of amides is 2. The Morgan fingerprint density at radius 3 is 2.49 bits per heavy atom. The summed E-state index contributed by atoms with van der Waals surface area (Å²) in [5.74, 6) is -1.26. The van der Waals surface area contributed by atoms with Crippen molar-refractivity contribution in [3.8, 4) is 5.75 Å². The Morgan fingerprint density at radius 1 is 1.15 bits per heavy atom. The second-order valence-electron chi connectivity index (χ2n) is 10.3. The Kier molecular flexibility index (Phi) is 9.42. The van der Waals surface area contributed by atoms with E-state index >= 15 is 0 Å². The molecule has 3 aromatic rings. The number of ether oxygens (including phenoxy) is 1. The van der Waals surface area contributed by atoms with Crippen LogP contribution in [0.2, 0.25) is 0 Å². The van der Waals surface area contributed by atoms with Crippen molar-refractivity contribution in [2.24, 2.45) is 5.92 Å². The van der Waals surface area contributed by atoms with E-state index in [-0.39, 0.29) is 60.1 Å². The zero-order valence-electron chi connectivity index (χ0n) is 23.2. The number of halogens is 1. The molecule has 4 rings (SSSR count). The number of likely N-dealkylation sites (N-methyl/N-ethyl adjacent to an activating group) is 1. The van der Waals surface area contributed by atoms with Crippen molar-refractivity contribution in [2.45, 2.75) is 37.3 Å². The number of aliphatic hydroxyl groups excluding tert-OH is 1. The maximum Gasteiger partial charge on any atom is 0.258 e. The summed E-state index contributed by atoms with van der Waals surface area (Å²) in [5.41, 5.74) is 1.43. The lowest BCUT2D eigenvalue weighted by Crippen LogP contribution is -2.50. The Morgan fingerprint density at radius 2 is 1.83 bits per heavy atom. The van der Waals surface area contributed by atoms with E-state index in [9.17, 15) is 27.5 Å². The molecular formula is C30H34FN3O6S. The van der Waals surface area contributed by atoms with Gasteiger partial charge >= 0.3 is 0 Å². The van der Waals surface area contributed by atoms with Crippen LogP contribution in [0.25, 0.3) is 0 Å². The zero-order valence-corrected chi connectivity index (χ0v) is 24.0. The summed E-state index contributed by atoms with van der Waals surface area (Å²) in [6.07, 6.45) is -0.515. The van der Waals surface area contributed by atoms with E-state index in [1.807, 2.05) is 37.3 Å². The van der Waals surface area contributed by atoms with Gasteiger partial charge in [-0.05, 0) is 55.0 Å². The molecule has 1 aliphatic rings. The number of hydrogen-bond donors (Lipinski definition) is 2. The molecule has 41 heavy (non-hydrogen) atoms. The van der Waals surface area contributed by atoms with Gasteiger partial charge in [0.25, 0.3) is 5.91 Å². The molecule has 0 radical (unpaired) electrons. The van der Waals surface area contributed by atoms with Crippen LogP contribution in [0.1, 0.15) is 29.8 Å². The number of rotatable bonds is 9. The fraction of sp³-hybridized carbons (Fsp3) is 0.333. The number of carbonyl (C=O) groups excluding carboxylic acids is 2. The molecule has 9 nitrogen and oxygen atoms in total. The molecule has 2 amide bonds. The standard InChI is InChI=1S/C30H34FN3O6S/c1-20-17-34(21(2)19-35)30(37)26-16-24(32-29(36)15-22-7-5-4-6-8-22)11-14-27(26)40-28(20)18-33(3)41(38,39)25-12-9-23(31)10-13-25/h4-14,16,20-21,28,35H,15,17-19H2,1-3H3,(H,32,36)/t20-,21+,28-/m1/s1. The Balaban J connectivity index is 1.61. The van der Waals surface area contributed by atoms with Gasteiger partial charge in [-0.15, -0.1) is 0 Å². The van der Waals surface area contributed by atoms with Gasteiger partial charge in [0.1, 0.15) is 17.7 Å². The maximum absolute atomic E-state index is 13.7. The highest BCUT2D eigenvalue weighted by atomic mass is 32.2. The van der Waals surface area contributed by atoms with Crippen molar-refractivity contribution in [2.75, 3.05) is 32.1 Å². The van der Waals surface area contributed by atoms with Crippen LogP contribution in [-0.2, 0) is 21.2 Å². The molecule has 0 saturated heterocycles. The molecule has 11 heteroatoms.